The van der Waals surface area contributed by atoms with Gasteiger partial charge in [0.25, 0.3) is 0 Å². The molecular weight excluding hydrogens is 377 g/mol. The van der Waals surface area contributed by atoms with Crippen LogP contribution in [0.15, 0.2) is 48.5 Å². The molecule has 30 heavy (non-hydrogen) atoms. The Labute approximate surface area is 180 Å². The standard InChI is InChI=1S/C25H34FN3O/c1-19-17-27-12-15-29(19)25(22-4-3-5-23(26)16-22)21-10-13-28(14-11-21)18-20-6-8-24(30-2)9-7-20/h3-9,16,19,21,25,27H,10-15,17-18H2,1-2H3/t19?,25-/m1/s1. The van der Waals surface area contributed by atoms with E-state index in [4.69, 9.17) is 4.74 Å². The number of rotatable bonds is 6. The second-order valence-electron chi connectivity index (χ2n) is 8.75. The maximum absolute atomic E-state index is 14.1. The number of hydrogen-bond donors (Lipinski definition) is 1. The van der Waals surface area contributed by atoms with Crippen molar-refractivity contribution in [3.8, 4) is 5.75 Å². The SMILES string of the molecule is COc1ccc(CN2CCC([C@H](c3cccc(F)c3)N3CCNCC3C)CC2)cc1. The first-order valence-electron chi connectivity index (χ1n) is 11.2. The van der Waals surface area contributed by atoms with Gasteiger partial charge >= 0.3 is 0 Å². The van der Waals surface area contributed by atoms with Gasteiger partial charge in [-0.2, -0.15) is 0 Å². The summed E-state index contributed by atoms with van der Waals surface area (Å²) in [6.07, 6.45) is 2.29. The van der Waals surface area contributed by atoms with E-state index in [9.17, 15) is 4.39 Å². The number of nitrogens with zero attached hydrogens (tertiary/aromatic N) is 2. The number of nitrogens with one attached hydrogen (secondary N) is 1. The van der Waals surface area contributed by atoms with Crippen LogP contribution in [0.3, 0.4) is 0 Å². The van der Waals surface area contributed by atoms with Crippen LogP contribution in [0.5, 0.6) is 5.75 Å². The van der Waals surface area contributed by atoms with Crippen LogP contribution in [0.1, 0.15) is 36.9 Å². The summed E-state index contributed by atoms with van der Waals surface area (Å²) < 4.78 is 19.3. The fraction of sp³-hybridized carbons (Fsp3) is 0.520. The average Bonchev–Trinajstić information content (AvgIpc) is 2.77. The van der Waals surface area contributed by atoms with Gasteiger partial charge < -0.3 is 10.1 Å². The molecule has 2 aromatic rings. The Hall–Kier alpha value is -1.95. The lowest BCUT2D eigenvalue weighted by Crippen LogP contribution is -2.53. The molecule has 4 rings (SSSR count). The van der Waals surface area contributed by atoms with Crippen molar-refractivity contribution in [1.29, 1.82) is 0 Å². The second kappa shape index (κ2) is 9.90. The molecule has 2 aliphatic rings. The Balaban J connectivity index is 1.44. The minimum absolute atomic E-state index is 0.128. The normalized spacial score (nSPS) is 22.7. The second-order valence-corrected chi connectivity index (χ2v) is 8.75. The van der Waals surface area contributed by atoms with E-state index >= 15 is 0 Å². The van der Waals surface area contributed by atoms with Crippen LogP contribution in [-0.2, 0) is 6.54 Å². The highest BCUT2D eigenvalue weighted by molar-refractivity contribution is 5.27. The summed E-state index contributed by atoms with van der Waals surface area (Å²) in [6, 6.07) is 16.4. The van der Waals surface area contributed by atoms with Crippen molar-refractivity contribution in [2.24, 2.45) is 5.92 Å². The lowest BCUT2D eigenvalue weighted by atomic mass is 9.83. The molecule has 0 saturated carbocycles. The van der Waals surface area contributed by atoms with E-state index < -0.39 is 0 Å². The molecule has 5 heteroatoms. The fourth-order valence-electron chi connectivity index (χ4n) is 5.11. The van der Waals surface area contributed by atoms with E-state index in [-0.39, 0.29) is 5.82 Å². The number of benzene rings is 2. The Morgan fingerprint density at radius 3 is 2.53 bits per heavy atom. The van der Waals surface area contributed by atoms with Crippen molar-refractivity contribution in [2.75, 3.05) is 39.8 Å². The number of piperidine rings is 1. The first-order valence-corrected chi connectivity index (χ1v) is 11.2. The average molecular weight is 412 g/mol. The largest absolute Gasteiger partial charge is 0.497 e. The highest BCUT2D eigenvalue weighted by Gasteiger charge is 2.35. The van der Waals surface area contributed by atoms with Crippen molar-refractivity contribution in [1.82, 2.24) is 15.1 Å². The lowest BCUT2D eigenvalue weighted by Gasteiger charge is -2.46. The summed E-state index contributed by atoms with van der Waals surface area (Å²) >= 11 is 0. The Bertz CT molecular complexity index is 804. The van der Waals surface area contributed by atoms with Crippen LogP contribution < -0.4 is 10.1 Å². The number of halogens is 1. The first-order chi connectivity index (χ1) is 14.6. The fourth-order valence-corrected chi connectivity index (χ4v) is 5.11. The molecule has 0 radical (unpaired) electrons. The maximum atomic E-state index is 14.1. The van der Waals surface area contributed by atoms with Crippen molar-refractivity contribution in [2.45, 2.75) is 38.4 Å². The van der Waals surface area contributed by atoms with E-state index in [1.54, 1.807) is 19.2 Å². The molecule has 4 nitrogen and oxygen atoms in total. The Morgan fingerprint density at radius 2 is 1.87 bits per heavy atom. The molecule has 0 aromatic heterocycles. The van der Waals surface area contributed by atoms with Gasteiger partial charge in [0.15, 0.2) is 0 Å². The summed E-state index contributed by atoms with van der Waals surface area (Å²) in [5, 5.41) is 3.49. The van der Waals surface area contributed by atoms with Crippen LogP contribution >= 0.6 is 0 Å². The molecule has 0 aliphatic carbocycles. The van der Waals surface area contributed by atoms with Gasteiger partial charge in [-0.15, -0.1) is 0 Å². The van der Waals surface area contributed by atoms with Crippen molar-refractivity contribution < 1.29 is 9.13 Å². The molecule has 2 aliphatic heterocycles. The molecule has 2 fully saturated rings. The molecule has 2 saturated heterocycles. The van der Waals surface area contributed by atoms with Gasteiger partial charge in [-0.05, 0) is 74.2 Å². The zero-order valence-corrected chi connectivity index (χ0v) is 18.2. The van der Waals surface area contributed by atoms with Crippen LogP contribution in [-0.4, -0.2) is 55.7 Å². The van der Waals surface area contributed by atoms with Crippen LogP contribution in [0, 0.1) is 11.7 Å². The summed E-state index contributed by atoms with van der Waals surface area (Å²) in [5.41, 5.74) is 2.46. The molecule has 0 amide bonds. The molecule has 2 heterocycles. The molecule has 2 aromatic carbocycles. The van der Waals surface area contributed by atoms with Crippen LogP contribution in [0.4, 0.5) is 4.39 Å². The first kappa shape index (κ1) is 21.3. The molecular formula is C25H34FN3O. The topological polar surface area (TPSA) is 27.7 Å². The van der Waals surface area contributed by atoms with E-state index in [2.05, 4.69) is 40.2 Å². The Morgan fingerprint density at radius 1 is 1.10 bits per heavy atom. The molecule has 0 spiro atoms. The predicted octanol–water partition coefficient (Wildman–Crippen LogP) is 4.08. The van der Waals surface area contributed by atoms with Crippen LogP contribution in [0.25, 0.3) is 0 Å². The zero-order chi connectivity index (χ0) is 20.9. The molecule has 2 atom stereocenters. The summed E-state index contributed by atoms with van der Waals surface area (Å²) in [5.74, 6) is 1.33. The zero-order valence-electron chi connectivity index (χ0n) is 18.2. The number of piperazine rings is 1. The summed E-state index contributed by atoms with van der Waals surface area (Å²) in [7, 11) is 1.70. The highest BCUT2D eigenvalue weighted by atomic mass is 19.1. The van der Waals surface area contributed by atoms with Crippen molar-refractivity contribution in [3.63, 3.8) is 0 Å². The number of hydrogen-bond acceptors (Lipinski definition) is 4. The van der Waals surface area contributed by atoms with Gasteiger partial charge in [0.1, 0.15) is 11.6 Å². The van der Waals surface area contributed by atoms with E-state index in [1.807, 2.05) is 18.2 Å². The predicted molar refractivity (Wildman–Crippen MR) is 119 cm³/mol. The quantitative estimate of drug-likeness (QED) is 0.775. The third kappa shape index (κ3) is 5.02. The van der Waals surface area contributed by atoms with E-state index in [1.165, 1.54) is 5.56 Å². The molecule has 162 valence electrons. The van der Waals surface area contributed by atoms with Gasteiger partial charge in [-0.3, -0.25) is 9.80 Å². The smallest absolute Gasteiger partial charge is 0.123 e. The minimum Gasteiger partial charge on any atom is -0.497 e. The molecule has 0 bridgehead atoms. The maximum Gasteiger partial charge on any atom is 0.123 e. The van der Waals surface area contributed by atoms with Gasteiger partial charge in [-0.25, -0.2) is 4.39 Å². The van der Waals surface area contributed by atoms with E-state index in [0.29, 0.717) is 18.0 Å². The number of ether oxygens (including phenoxy) is 1. The number of methoxy groups -OCH3 is 1. The molecule has 1 unspecified atom stereocenters. The third-order valence-corrected chi connectivity index (χ3v) is 6.74. The monoisotopic (exact) mass is 411 g/mol. The Kier molecular flexibility index (Phi) is 7.03. The van der Waals surface area contributed by atoms with Gasteiger partial charge in [0.05, 0.1) is 7.11 Å². The third-order valence-electron chi connectivity index (χ3n) is 6.74. The van der Waals surface area contributed by atoms with Crippen LogP contribution in [0.2, 0.25) is 0 Å². The number of likely N-dealkylation sites (tertiary alicyclic amines) is 1. The van der Waals surface area contributed by atoms with Crippen molar-refractivity contribution in [3.05, 3.63) is 65.5 Å². The summed E-state index contributed by atoms with van der Waals surface area (Å²) in [4.78, 5) is 5.15. The van der Waals surface area contributed by atoms with Gasteiger partial charge in [0.2, 0.25) is 0 Å². The van der Waals surface area contributed by atoms with Crippen molar-refractivity contribution >= 4 is 0 Å². The molecule has 1 N–H and O–H groups in total. The minimum atomic E-state index is -0.128. The van der Waals surface area contributed by atoms with E-state index in [0.717, 1.165) is 63.4 Å². The highest BCUT2D eigenvalue weighted by Crippen LogP contribution is 2.37. The van der Waals surface area contributed by atoms with Gasteiger partial charge in [-0.1, -0.05) is 24.3 Å². The summed E-state index contributed by atoms with van der Waals surface area (Å²) in [6.45, 7) is 8.47. The van der Waals surface area contributed by atoms with Gasteiger partial charge in [0, 0.05) is 38.3 Å². The lowest BCUT2D eigenvalue weighted by molar-refractivity contribution is 0.0458.